The molecule has 4 heteroatoms. The second-order valence-corrected chi connectivity index (χ2v) is 7.98. The Bertz CT molecular complexity index is 483. The van der Waals surface area contributed by atoms with E-state index in [1.165, 1.54) is 22.6 Å². The minimum absolute atomic E-state index is 0.0558. The van der Waals surface area contributed by atoms with Crippen LogP contribution in [0.15, 0.2) is 12.1 Å². The van der Waals surface area contributed by atoms with E-state index >= 15 is 0 Å². The van der Waals surface area contributed by atoms with E-state index in [9.17, 15) is 4.79 Å². The molecule has 118 valence electrons. The number of nitrogens with zero attached hydrogens (tertiary/aromatic N) is 1. The summed E-state index contributed by atoms with van der Waals surface area (Å²) in [7, 11) is 0. The first-order chi connectivity index (χ1) is 9.90. The molecule has 0 aliphatic carbocycles. The Morgan fingerprint density at radius 1 is 1.29 bits per heavy atom. The van der Waals surface area contributed by atoms with Crippen molar-refractivity contribution in [3.8, 4) is 0 Å². The van der Waals surface area contributed by atoms with Gasteiger partial charge in [0, 0.05) is 15.8 Å². The highest BCUT2D eigenvalue weighted by molar-refractivity contribution is 7.12. The largest absolute Gasteiger partial charge is 0.318 e. The lowest BCUT2D eigenvalue weighted by Crippen LogP contribution is -2.38. The van der Waals surface area contributed by atoms with Gasteiger partial charge in [-0.15, -0.1) is 11.3 Å². The molecule has 1 aliphatic heterocycles. The van der Waals surface area contributed by atoms with Gasteiger partial charge < -0.3 is 4.90 Å². The molecule has 0 saturated carbocycles. The van der Waals surface area contributed by atoms with E-state index in [2.05, 4.69) is 50.0 Å². The first-order valence-corrected chi connectivity index (χ1v) is 8.86. The van der Waals surface area contributed by atoms with Crippen LogP contribution in [0.4, 0.5) is 0 Å². The third kappa shape index (κ3) is 3.86. The topological polar surface area (TPSA) is 32.3 Å². The van der Waals surface area contributed by atoms with Crippen molar-refractivity contribution in [2.24, 2.45) is 5.92 Å². The number of nitrogens with one attached hydrogen (secondary N) is 1. The van der Waals surface area contributed by atoms with Gasteiger partial charge in [-0.25, -0.2) is 0 Å². The molecule has 21 heavy (non-hydrogen) atoms. The van der Waals surface area contributed by atoms with Crippen LogP contribution in [0.3, 0.4) is 0 Å². The molecule has 1 saturated heterocycles. The molecule has 1 amide bonds. The molecule has 0 aromatic carbocycles. The van der Waals surface area contributed by atoms with Crippen molar-refractivity contribution in [1.29, 1.82) is 0 Å². The summed E-state index contributed by atoms with van der Waals surface area (Å²) >= 11 is 1.78. The number of carbonyl (C=O) groups is 1. The normalized spacial score (nSPS) is 24.1. The zero-order chi connectivity index (χ0) is 15.6. The van der Waals surface area contributed by atoms with Gasteiger partial charge in [0.1, 0.15) is 6.17 Å². The first kappa shape index (κ1) is 16.5. The molecular formula is C17H28N2OS. The van der Waals surface area contributed by atoms with Gasteiger partial charge in [0.15, 0.2) is 0 Å². The number of aryl methyl sites for hydroxylation is 1. The fourth-order valence-electron chi connectivity index (χ4n) is 2.99. The van der Waals surface area contributed by atoms with Gasteiger partial charge in [0.25, 0.3) is 0 Å². The molecular weight excluding hydrogens is 280 g/mol. The van der Waals surface area contributed by atoms with Crippen LogP contribution >= 0.6 is 11.3 Å². The Balaban J connectivity index is 2.07. The predicted molar refractivity (Wildman–Crippen MR) is 89.4 cm³/mol. The molecule has 1 aromatic rings. The fourth-order valence-corrected chi connectivity index (χ4v) is 3.93. The number of amides is 1. The molecule has 0 spiro atoms. The zero-order valence-electron chi connectivity index (χ0n) is 13.8. The van der Waals surface area contributed by atoms with Gasteiger partial charge >= 0.3 is 0 Å². The lowest BCUT2D eigenvalue weighted by molar-refractivity contribution is -0.131. The Labute approximate surface area is 132 Å². The minimum Gasteiger partial charge on any atom is -0.318 e. The Morgan fingerprint density at radius 2 is 2.00 bits per heavy atom. The van der Waals surface area contributed by atoms with E-state index in [0.717, 1.165) is 12.3 Å². The van der Waals surface area contributed by atoms with Crippen LogP contribution < -0.4 is 5.32 Å². The molecule has 0 radical (unpaired) electrons. The molecule has 2 rings (SSSR count). The van der Waals surface area contributed by atoms with Crippen molar-refractivity contribution >= 4 is 17.2 Å². The van der Waals surface area contributed by atoms with Crippen LogP contribution in [0.1, 0.15) is 62.9 Å². The monoisotopic (exact) mass is 308 g/mol. The maximum Gasteiger partial charge on any atom is 0.241 e. The standard InChI is InChI=1S/C17H28N2OS/c1-11(2)7-6-8-12(3)19-16(18-14(5)17(19)20)15-10-9-13(4)21-15/h9-12,14,16,18H,6-8H2,1-5H3. The number of thiophene rings is 1. The Kier molecular flexibility index (Phi) is 5.44. The van der Waals surface area contributed by atoms with Gasteiger partial charge in [-0.05, 0) is 45.2 Å². The van der Waals surface area contributed by atoms with Crippen LogP contribution in [0.25, 0.3) is 0 Å². The summed E-state index contributed by atoms with van der Waals surface area (Å²) in [6.07, 6.45) is 3.56. The van der Waals surface area contributed by atoms with E-state index in [0.29, 0.717) is 6.04 Å². The summed E-state index contributed by atoms with van der Waals surface area (Å²) < 4.78 is 0. The fraction of sp³-hybridized carbons (Fsp3) is 0.706. The summed E-state index contributed by atoms with van der Waals surface area (Å²) in [4.78, 5) is 17.1. The van der Waals surface area contributed by atoms with Crippen molar-refractivity contribution < 1.29 is 4.79 Å². The summed E-state index contributed by atoms with van der Waals surface area (Å²) in [5.41, 5.74) is 0. The van der Waals surface area contributed by atoms with Gasteiger partial charge in [-0.3, -0.25) is 10.1 Å². The van der Waals surface area contributed by atoms with Crippen molar-refractivity contribution in [3.05, 3.63) is 21.9 Å². The molecule has 2 heterocycles. The van der Waals surface area contributed by atoms with Crippen molar-refractivity contribution in [3.63, 3.8) is 0 Å². The molecule has 1 aliphatic rings. The summed E-state index contributed by atoms with van der Waals surface area (Å²) in [5.74, 6) is 0.974. The summed E-state index contributed by atoms with van der Waals surface area (Å²) in [6.45, 7) is 10.8. The maximum absolute atomic E-state index is 12.5. The van der Waals surface area contributed by atoms with Crippen LogP contribution in [0, 0.1) is 12.8 Å². The maximum atomic E-state index is 12.5. The Morgan fingerprint density at radius 3 is 2.57 bits per heavy atom. The Hall–Kier alpha value is -0.870. The average Bonchev–Trinajstić information content (AvgIpc) is 2.94. The second-order valence-electron chi connectivity index (χ2n) is 6.66. The predicted octanol–water partition coefficient (Wildman–Crippen LogP) is 4.09. The summed E-state index contributed by atoms with van der Waals surface area (Å²) in [5, 5.41) is 3.45. The highest BCUT2D eigenvalue weighted by Gasteiger charge is 2.40. The minimum atomic E-state index is -0.0787. The van der Waals surface area contributed by atoms with E-state index in [4.69, 9.17) is 0 Å². The molecule has 3 unspecified atom stereocenters. The smallest absolute Gasteiger partial charge is 0.241 e. The van der Waals surface area contributed by atoms with Crippen molar-refractivity contribution in [2.45, 2.75) is 72.1 Å². The van der Waals surface area contributed by atoms with Crippen molar-refractivity contribution in [1.82, 2.24) is 10.2 Å². The number of hydrogen-bond acceptors (Lipinski definition) is 3. The number of rotatable bonds is 6. The molecule has 1 aromatic heterocycles. The van der Waals surface area contributed by atoms with E-state index < -0.39 is 0 Å². The number of carbonyl (C=O) groups excluding carboxylic acids is 1. The lowest BCUT2D eigenvalue weighted by atomic mass is 10.0. The third-order valence-corrected chi connectivity index (χ3v) is 5.27. The van der Waals surface area contributed by atoms with Crippen LogP contribution in [0.5, 0.6) is 0 Å². The van der Waals surface area contributed by atoms with Gasteiger partial charge in [-0.2, -0.15) is 0 Å². The zero-order valence-corrected chi connectivity index (χ0v) is 14.7. The van der Waals surface area contributed by atoms with E-state index in [-0.39, 0.29) is 18.1 Å². The summed E-state index contributed by atoms with van der Waals surface area (Å²) in [6, 6.07) is 4.50. The highest BCUT2D eigenvalue weighted by Crippen LogP contribution is 2.33. The number of hydrogen-bond donors (Lipinski definition) is 1. The van der Waals surface area contributed by atoms with E-state index in [1.807, 2.05) is 6.92 Å². The molecule has 1 N–H and O–H groups in total. The molecule has 3 nitrogen and oxygen atoms in total. The van der Waals surface area contributed by atoms with Gasteiger partial charge in [-0.1, -0.05) is 26.7 Å². The van der Waals surface area contributed by atoms with Crippen LogP contribution in [-0.2, 0) is 4.79 Å². The first-order valence-electron chi connectivity index (χ1n) is 8.04. The molecule has 3 atom stereocenters. The molecule has 1 fully saturated rings. The van der Waals surface area contributed by atoms with Crippen LogP contribution in [-0.4, -0.2) is 22.9 Å². The lowest BCUT2D eigenvalue weighted by Gasteiger charge is -2.30. The van der Waals surface area contributed by atoms with Gasteiger partial charge in [0.2, 0.25) is 5.91 Å². The third-order valence-electron chi connectivity index (χ3n) is 4.22. The van der Waals surface area contributed by atoms with E-state index in [1.54, 1.807) is 11.3 Å². The van der Waals surface area contributed by atoms with Crippen molar-refractivity contribution in [2.75, 3.05) is 0 Å². The highest BCUT2D eigenvalue weighted by atomic mass is 32.1. The van der Waals surface area contributed by atoms with Crippen LogP contribution in [0.2, 0.25) is 0 Å². The second kappa shape index (κ2) is 6.93. The SMILES string of the molecule is Cc1ccc(C2NC(C)C(=O)N2C(C)CCCC(C)C)s1. The van der Waals surface area contributed by atoms with Gasteiger partial charge in [0.05, 0.1) is 6.04 Å². The average molecular weight is 308 g/mol. The quantitative estimate of drug-likeness (QED) is 0.858. The molecule has 0 bridgehead atoms.